The molecule has 1 amide bonds. The summed E-state index contributed by atoms with van der Waals surface area (Å²) in [7, 11) is 0. The van der Waals surface area contributed by atoms with Crippen molar-refractivity contribution in [3.05, 3.63) is 24.3 Å². The second-order valence-corrected chi connectivity index (χ2v) is 4.54. The Balaban J connectivity index is 2.03. The highest BCUT2D eigenvalue weighted by Gasteiger charge is 2.29. The van der Waals surface area contributed by atoms with Gasteiger partial charge in [0.1, 0.15) is 17.3 Å². The average molecular weight is 250 g/mol. The number of hydrogen-bond donors (Lipinski definition) is 2. The first-order chi connectivity index (χ1) is 8.16. The van der Waals surface area contributed by atoms with Gasteiger partial charge in [0.25, 0.3) is 0 Å². The van der Waals surface area contributed by atoms with Crippen LogP contribution in [-0.2, 0) is 4.79 Å². The first-order valence-electron chi connectivity index (χ1n) is 5.48. The van der Waals surface area contributed by atoms with Crippen LogP contribution in [-0.4, -0.2) is 17.5 Å². The van der Waals surface area contributed by atoms with Gasteiger partial charge in [-0.15, -0.1) is 0 Å². The van der Waals surface area contributed by atoms with Crippen LogP contribution in [0.25, 0.3) is 0 Å². The third kappa shape index (κ3) is 3.42. The Morgan fingerprint density at radius 3 is 2.82 bits per heavy atom. The zero-order valence-corrected chi connectivity index (χ0v) is 10.1. The van der Waals surface area contributed by atoms with Crippen LogP contribution in [0.15, 0.2) is 24.3 Å². The maximum absolute atomic E-state index is 11.6. The van der Waals surface area contributed by atoms with E-state index in [9.17, 15) is 4.79 Å². The van der Waals surface area contributed by atoms with Gasteiger partial charge in [-0.2, -0.15) is 0 Å². The Morgan fingerprint density at radius 1 is 1.47 bits per heavy atom. The van der Waals surface area contributed by atoms with E-state index in [1.807, 2.05) is 12.1 Å². The van der Waals surface area contributed by atoms with Crippen molar-refractivity contribution in [1.82, 2.24) is 0 Å². The lowest BCUT2D eigenvalue weighted by Gasteiger charge is -2.11. The molecule has 0 heterocycles. The van der Waals surface area contributed by atoms with Crippen LogP contribution in [0.2, 0.25) is 0 Å². The van der Waals surface area contributed by atoms with Crippen molar-refractivity contribution in [2.75, 3.05) is 11.9 Å². The van der Waals surface area contributed by atoms with E-state index in [1.165, 1.54) is 0 Å². The van der Waals surface area contributed by atoms with Gasteiger partial charge in [0.05, 0.1) is 5.69 Å². The number of carbonyl (C=O) groups is 1. The predicted molar refractivity (Wildman–Crippen MR) is 70.1 cm³/mol. The average Bonchev–Trinajstić information content (AvgIpc) is 3.11. The summed E-state index contributed by atoms with van der Waals surface area (Å²) >= 11 is 4.74. The van der Waals surface area contributed by atoms with Gasteiger partial charge < -0.3 is 15.8 Å². The number of benzene rings is 1. The molecule has 0 aromatic heterocycles. The quantitative estimate of drug-likeness (QED) is 0.781. The number of anilines is 1. The van der Waals surface area contributed by atoms with Crippen molar-refractivity contribution >= 4 is 28.8 Å². The van der Waals surface area contributed by atoms with Gasteiger partial charge in [-0.1, -0.05) is 24.4 Å². The van der Waals surface area contributed by atoms with E-state index in [0.29, 0.717) is 11.4 Å². The highest BCUT2D eigenvalue weighted by molar-refractivity contribution is 7.80. The van der Waals surface area contributed by atoms with Gasteiger partial charge in [-0.3, -0.25) is 4.79 Å². The number of carbonyl (C=O) groups excluding carboxylic acids is 1. The second-order valence-electron chi connectivity index (χ2n) is 4.01. The summed E-state index contributed by atoms with van der Waals surface area (Å²) in [4.78, 5) is 11.9. The van der Waals surface area contributed by atoms with Crippen LogP contribution in [0.4, 0.5) is 5.69 Å². The lowest BCUT2D eigenvalue weighted by molar-refractivity contribution is -0.117. The molecule has 17 heavy (non-hydrogen) atoms. The molecule has 0 radical (unpaired) electrons. The maximum atomic E-state index is 11.6. The molecule has 0 aliphatic heterocycles. The summed E-state index contributed by atoms with van der Waals surface area (Å²) in [6.45, 7) is 0.172. The monoisotopic (exact) mass is 250 g/mol. The molecule has 1 aliphatic rings. The Kier molecular flexibility index (Phi) is 3.58. The van der Waals surface area contributed by atoms with Gasteiger partial charge >= 0.3 is 0 Å². The molecule has 1 aromatic carbocycles. The molecule has 2 rings (SSSR count). The summed E-state index contributed by atoms with van der Waals surface area (Å²) in [6.07, 6.45) is 1.95. The molecule has 1 aliphatic carbocycles. The highest BCUT2D eigenvalue weighted by atomic mass is 32.1. The van der Waals surface area contributed by atoms with Crippen molar-refractivity contribution in [2.24, 2.45) is 11.7 Å². The summed E-state index contributed by atoms with van der Waals surface area (Å²) < 4.78 is 5.42. The topological polar surface area (TPSA) is 64.3 Å². The van der Waals surface area contributed by atoms with Gasteiger partial charge in [-0.25, -0.2) is 0 Å². The van der Waals surface area contributed by atoms with E-state index in [4.69, 9.17) is 22.7 Å². The summed E-state index contributed by atoms with van der Waals surface area (Å²) in [5, 5.41) is 2.85. The van der Waals surface area contributed by atoms with Gasteiger partial charge in [-0.05, 0) is 25.0 Å². The molecule has 0 atom stereocenters. The fraction of sp³-hybridized carbons (Fsp3) is 0.333. The first kappa shape index (κ1) is 11.9. The molecule has 0 spiro atoms. The molecule has 0 saturated heterocycles. The number of amides is 1. The molecule has 1 aromatic rings. The zero-order valence-electron chi connectivity index (χ0n) is 9.31. The molecule has 0 bridgehead atoms. The molecular formula is C12H14N2O2S. The highest BCUT2D eigenvalue weighted by Crippen LogP contribution is 2.32. The summed E-state index contributed by atoms with van der Waals surface area (Å²) in [5.41, 5.74) is 6.04. The number of ether oxygens (including phenoxy) is 1. The van der Waals surface area contributed by atoms with Gasteiger partial charge in [0, 0.05) is 5.92 Å². The van der Waals surface area contributed by atoms with Crippen LogP contribution in [0.1, 0.15) is 12.8 Å². The summed E-state index contributed by atoms with van der Waals surface area (Å²) in [5.74, 6) is 0.810. The van der Waals surface area contributed by atoms with Crippen LogP contribution >= 0.6 is 12.2 Å². The van der Waals surface area contributed by atoms with Gasteiger partial charge in [0.15, 0.2) is 0 Å². The molecule has 90 valence electrons. The summed E-state index contributed by atoms with van der Waals surface area (Å²) in [6, 6.07) is 7.26. The smallest absolute Gasteiger partial charge is 0.227 e. The molecule has 5 heteroatoms. The van der Waals surface area contributed by atoms with E-state index in [2.05, 4.69) is 5.32 Å². The minimum atomic E-state index is 0.0522. The third-order valence-electron chi connectivity index (χ3n) is 2.46. The predicted octanol–water partition coefficient (Wildman–Crippen LogP) is 1.70. The Hall–Kier alpha value is -1.62. The van der Waals surface area contributed by atoms with Crippen molar-refractivity contribution in [3.8, 4) is 5.75 Å². The largest absolute Gasteiger partial charge is 0.484 e. The van der Waals surface area contributed by atoms with E-state index in [0.717, 1.165) is 12.8 Å². The molecule has 4 nitrogen and oxygen atoms in total. The fourth-order valence-corrected chi connectivity index (χ4v) is 1.48. The van der Waals surface area contributed by atoms with E-state index < -0.39 is 0 Å². The van der Waals surface area contributed by atoms with Crippen LogP contribution in [0.5, 0.6) is 5.75 Å². The number of thiocarbonyl (C=S) groups is 1. The number of rotatable bonds is 5. The normalized spacial score (nSPS) is 14.1. The Bertz CT molecular complexity index is 444. The standard InChI is InChI=1S/C12H14N2O2S/c13-11(17)7-16-10-4-2-1-3-9(10)14-12(15)8-5-6-8/h1-4,8H,5-7H2,(H2,13,17)(H,14,15). The molecule has 0 unspecified atom stereocenters. The lowest BCUT2D eigenvalue weighted by atomic mass is 10.2. The van der Waals surface area contributed by atoms with Gasteiger partial charge in [0.2, 0.25) is 5.91 Å². The number of nitrogens with one attached hydrogen (secondary N) is 1. The fourth-order valence-electron chi connectivity index (χ4n) is 1.42. The van der Waals surface area contributed by atoms with Crippen molar-refractivity contribution in [2.45, 2.75) is 12.8 Å². The number of nitrogens with two attached hydrogens (primary N) is 1. The minimum Gasteiger partial charge on any atom is -0.484 e. The first-order valence-corrected chi connectivity index (χ1v) is 5.88. The second kappa shape index (κ2) is 5.14. The van der Waals surface area contributed by atoms with Crippen LogP contribution in [0, 0.1) is 5.92 Å². The Labute approximate surface area is 105 Å². The van der Waals surface area contributed by atoms with Crippen molar-refractivity contribution in [3.63, 3.8) is 0 Å². The van der Waals surface area contributed by atoms with E-state index >= 15 is 0 Å². The third-order valence-corrected chi connectivity index (χ3v) is 2.58. The van der Waals surface area contributed by atoms with E-state index in [-0.39, 0.29) is 23.4 Å². The maximum Gasteiger partial charge on any atom is 0.227 e. The molecule has 1 fully saturated rings. The van der Waals surface area contributed by atoms with Crippen LogP contribution < -0.4 is 15.8 Å². The van der Waals surface area contributed by atoms with Crippen molar-refractivity contribution < 1.29 is 9.53 Å². The number of hydrogen-bond acceptors (Lipinski definition) is 3. The van der Waals surface area contributed by atoms with Crippen LogP contribution in [0.3, 0.4) is 0 Å². The van der Waals surface area contributed by atoms with E-state index in [1.54, 1.807) is 12.1 Å². The molecule has 1 saturated carbocycles. The molecule has 3 N–H and O–H groups in total. The SMILES string of the molecule is NC(=S)COc1ccccc1NC(=O)C1CC1. The number of para-hydroxylation sites is 2. The minimum absolute atomic E-state index is 0.0522. The van der Waals surface area contributed by atoms with Crippen molar-refractivity contribution in [1.29, 1.82) is 0 Å². The molecular weight excluding hydrogens is 236 g/mol. The Morgan fingerprint density at radius 2 is 2.18 bits per heavy atom. The zero-order chi connectivity index (χ0) is 12.3. The lowest BCUT2D eigenvalue weighted by Crippen LogP contribution is -2.19.